The molecule has 1 N–H and O–H groups in total. The standard InChI is InChI=1S/C17H26FN3O3.C2H4O/c1-17(20-7-9-23-10-8-20)5-3-13(11-15(17)18)21-6-4-14(12-19-2)24-16(21)22;1-2-3/h3,5,11,14-15,19H,4,6-10,12H2,1-2H3;2H,1H3. The molecule has 3 unspecified atom stereocenters. The summed E-state index contributed by atoms with van der Waals surface area (Å²) in [5, 5.41) is 3.01. The highest BCUT2D eigenvalue weighted by atomic mass is 19.1. The molecule has 2 aliphatic heterocycles. The van der Waals surface area contributed by atoms with Crippen LogP contribution in [0.1, 0.15) is 20.3 Å². The number of allylic oxidation sites excluding steroid dienone is 1. The average molecular weight is 383 g/mol. The SMILES string of the molecule is CC=O.CNCC1CCN(C2=CC(F)C(C)(N3CCOCC3)C=C2)C(=O)O1. The predicted molar refractivity (Wildman–Crippen MR) is 100 cm³/mol. The molecule has 1 aliphatic carbocycles. The van der Waals surface area contributed by atoms with Gasteiger partial charge < -0.3 is 19.6 Å². The fraction of sp³-hybridized carbons (Fsp3) is 0.684. The van der Waals surface area contributed by atoms with Crippen LogP contribution in [0.4, 0.5) is 9.18 Å². The molecule has 0 spiro atoms. The highest BCUT2D eigenvalue weighted by Crippen LogP contribution is 2.32. The van der Waals surface area contributed by atoms with Gasteiger partial charge in [-0.1, -0.05) is 6.08 Å². The maximum atomic E-state index is 14.9. The highest BCUT2D eigenvalue weighted by molar-refractivity contribution is 5.72. The van der Waals surface area contributed by atoms with Crippen molar-refractivity contribution in [3.05, 3.63) is 23.9 Å². The van der Waals surface area contributed by atoms with Crippen LogP contribution in [0.25, 0.3) is 0 Å². The van der Waals surface area contributed by atoms with Gasteiger partial charge in [0.05, 0.1) is 18.8 Å². The molecule has 2 saturated heterocycles. The molecule has 0 radical (unpaired) electrons. The Balaban J connectivity index is 0.000000817. The Labute approximate surface area is 160 Å². The first-order chi connectivity index (χ1) is 13.0. The molecule has 0 bridgehead atoms. The summed E-state index contributed by atoms with van der Waals surface area (Å²) in [5.41, 5.74) is -0.108. The Hall–Kier alpha value is -1.77. The monoisotopic (exact) mass is 383 g/mol. The second-order valence-corrected chi connectivity index (χ2v) is 6.89. The van der Waals surface area contributed by atoms with Gasteiger partial charge in [0.1, 0.15) is 18.6 Å². The van der Waals surface area contributed by atoms with Crippen molar-refractivity contribution >= 4 is 12.4 Å². The van der Waals surface area contributed by atoms with Gasteiger partial charge in [-0.25, -0.2) is 9.18 Å². The Kier molecular flexibility index (Phi) is 7.94. The van der Waals surface area contributed by atoms with Gasteiger partial charge in [-0.3, -0.25) is 9.80 Å². The normalized spacial score (nSPS) is 31.5. The summed E-state index contributed by atoms with van der Waals surface area (Å²) in [5.74, 6) is 0. The molecular weight excluding hydrogens is 353 g/mol. The van der Waals surface area contributed by atoms with E-state index in [4.69, 9.17) is 14.3 Å². The van der Waals surface area contributed by atoms with E-state index >= 15 is 0 Å². The summed E-state index contributed by atoms with van der Waals surface area (Å²) < 4.78 is 25.7. The number of hydrogen-bond donors (Lipinski definition) is 1. The molecule has 0 aromatic carbocycles. The van der Waals surface area contributed by atoms with E-state index in [2.05, 4.69) is 10.2 Å². The Morgan fingerprint density at radius 3 is 2.59 bits per heavy atom. The van der Waals surface area contributed by atoms with Gasteiger partial charge >= 0.3 is 6.09 Å². The molecular formula is C19H30FN3O4. The van der Waals surface area contributed by atoms with Crippen LogP contribution in [0, 0.1) is 0 Å². The Morgan fingerprint density at radius 2 is 2.04 bits per heavy atom. The summed E-state index contributed by atoms with van der Waals surface area (Å²) >= 11 is 0. The quantitative estimate of drug-likeness (QED) is 0.742. The molecule has 27 heavy (non-hydrogen) atoms. The molecule has 0 aromatic rings. The van der Waals surface area contributed by atoms with E-state index < -0.39 is 17.8 Å². The lowest BCUT2D eigenvalue weighted by Gasteiger charge is -2.44. The number of amides is 1. The average Bonchev–Trinajstić information content (AvgIpc) is 2.66. The second-order valence-electron chi connectivity index (χ2n) is 6.89. The van der Waals surface area contributed by atoms with Gasteiger partial charge in [0, 0.05) is 38.3 Å². The number of hydrogen-bond acceptors (Lipinski definition) is 6. The van der Waals surface area contributed by atoms with Crippen molar-refractivity contribution in [1.82, 2.24) is 15.1 Å². The third-order valence-corrected chi connectivity index (χ3v) is 5.07. The number of carbonyl (C=O) groups is 2. The van der Waals surface area contributed by atoms with Crippen LogP contribution in [-0.4, -0.2) is 86.4 Å². The first kappa shape index (κ1) is 21.5. The van der Waals surface area contributed by atoms with Gasteiger partial charge in [-0.05, 0) is 33.0 Å². The number of rotatable bonds is 4. The van der Waals surface area contributed by atoms with Crippen molar-refractivity contribution in [2.24, 2.45) is 0 Å². The van der Waals surface area contributed by atoms with Crippen molar-refractivity contribution < 1.29 is 23.5 Å². The lowest BCUT2D eigenvalue weighted by atomic mass is 9.87. The lowest BCUT2D eigenvalue weighted by Crippen LogP contribution is -2.56. The number of likely N-dealkylation sites (N-methyl/N-ethyl adjacent to an activating group) is 1. The summed E-state index contributed by atoms with van der Waals surface area (Å²) in [6.07, 6.45) is 5.02. The first-order valence-electron chi connectivity index (χ1n) is 9.36. The van der Waals surface area contributed by atoms with E-state index in [1.807, 2.05) is 26.1 Å². The molecule has 1 amide bonds. The zero-order valence-corrected chi connectivity index (χ0v) is 16.3. The van der Waals surface area contributed by atoms with Crippen LogP contribution in [0.5, 0.6) is 0 Å². The molecule has 3 aliphatic rings. The summed E-state index contributed by atoms with van der Waals surface area (Å²) in [4.78, 5) is 24.6. The van der Waals surface area contributed by atoms with Crippen molar-refractivity contribution in [3.8, 4) is 0 Å². The summed E-state index contributed by atoms with van der Waals surface area (Å²) in [6, 6.07) is 0. The molecule has 3 rings (SSSR count). The highest BCUT2D eigenvalue weighted by Gasteiger charge is 2.41. The maximum absolute atomic E-state index is 14.9. The molecule has 8 heteroatoms. The number of cyclic esters (lactones) is 1. The van der Waals surface area contributed by atoms with E-state index in [-0.39, 0.29) is 6.10 Å². The van der Waals surface area contributed by atoms with Gasteiger partial charge in [-0.15, -0.1) is 0 Å². The van der Waals surface area contributed by atoms with Gasteiger partial charge in [-0.2, -0.15) is 0 Å². The van der Waals surface area contributed by atoms with Crippen molar-refractivity contribution in [2.75, 3.05) is 46.4 Å². The molecule has 0 aromatic heterocycles. The van der Waals surface area contributed by atoms with Gasteiger partial charge in [0.15, 0.2) is 0 Å². The minimum atomic E-state index is -1.18. The zero-order valence-electron chi connectivity index (χ0n) is 16.3. The van der Waals surface area contributed by atoms with Crippen molar-refractivity contribution in [2.45, 2.75) is 38.1 Å². The number of halogens is 1. The van der Waals surface area contributed by atoms with E-state index in [1.54, 1.807) is 0 Å². The molecule has 2 heterocycles. The zero-order chi connectivity index (χ0) is 19.9. The van der Waals surface area contributed by atoms with Crippen molar-refractivity contribution in [1.29, 1.82) is 0 Å². The molecule has 152 valence electrons. The van der Waals surface area contributed by atoms with Crippen LogP contribution in [0.15, 0.2) is 23.9 Å². The number of carbonyl (C=O) groups excluding carboxylic acids is 2. The first-order valence-corrected chi connectivity index (χ1v) is 9.36. The van der Waals surface area contributed by atoms with E-state index in [9.17, 15) is 9.18 Å². The number of ether oxygens (including phenoxy) is 2. The molecule has 0 saturated carbocycles. The molecule has 2 fully saturated rings. The van der Waals surface area contributed by atoms with Crippen molar-refractivity contribution in [3.63, 3.8) is 0 Å². The third kappa shape index (κ3) is 5.15. The van der Waals surface area contributed by atoms with E-state index in [1.165, 1.54) is 17.9 Å². The molecule has 7 nitrogen and oxygen atoms in total. The van der Waals surface area contributed by atoms with Crippen LogP contribution >= 0.6 is 0 Å². The molecule has 3 atom stereocenters. The maximum Gasteiger partial charge on any atom is 0.414 e. The number of morpholine rings is 1. The Morgan fingerprint density at radius 1 is 1.37 bits per heavy atom. The van der Waals surface area contributed by atoms with E-state index in [0.29, 0.717) is 45.1 Å². The fourth-order valence-electron chi connectivity index (χ4n) is 3.46. The number of aldehydes is 1. The lowest BCUT2D eigenvalue weighted by molar-refractivity contribution is -0.106. The Bertz CT molecular complexity index is 577. The fourth-order valence-corrected chi connectivity index (χ4v) is 3.46. The minimum absolute atomic E-state index is 0.119. The summed E-state index contributed by atoms with van der Waals surface area (Å²) in [7, 11) is 1.83. The number of alkyl halides is 1. The third-order valence-electron chi connectivity index (χ3n) is 5.07. The minimum Gasteiger partial charge on any atom is -0.444 e. The largest absolute Gasteiger partial charge is 0.444 e. The topological polar surface area (TPSA) is 71.1 Å². The predicted octanol–water partition coefficient (Wildman–Crippen LogP) is 1.50. The van der Waals surface area contributed by atoms with Crippen LogP contribution < -0.4 is 5.32 Å². The van der Waals surface area contributed by atoms with E-state index in [0.717, 1.165) is 12.7 Å². The number of nitrogens with zero attached hydrogens (tertiary/aromatic N) is 2. The second kappa shape index (κ2) is 9.96. The van der Waals surface area contributed by atoms with Gasteiger partial charge in [0.2, 0.25) is 0 Å². The van der Waals surface area contributed by atoms with Gasteiger partial charge in [0.25, 0.3) is 0 Å². The van der Waals surface area contributed by atoms with Crippen LogP contribution in [0.3, 0.4) is 0 Å². The van der Waals surface area contributed by atoms with Crippen LogP contribution in [0.2, 0.25) is 0 Å². The number of nitrogens with one attached hydrogen (secondary N) is 1. The van der Waals surface area contributed by atoms with Crippen LogP contribution in [-0.2, 0) is 14.3 Å². The summed E-state index contributed by atoms with van der Waals surface area (Å²) in [6.45, 7) is 7.18. The smallest absolute Gasteiger partial charge is 0.414 e.